The second-order valence-corrected chi connectivity index (χ2v) is 9.07. The normalized spacial score (nSPS) is 14.5. The van der Waals surface area contributed by atoms with Crippen LogP contribution in [0.2, 0.25) is 0 Å². The molecular weight excluding hydrogens is 404 g/mol. The first-order valence-corrected chi connectivity index (χ1v) is 11.6. The summed E-state index contributed by atoms with van der Waals surface area (Å²) >= 11 is 0. The number of carbonyl (C=O) groups excluding carboxylic acids is 1. The maximum absolute atomic E-state index is 12.8. The van der Waals surface area contributed by atoms with Crippen molar-refractivity contribution < 1.29 is 22.7 Å². The zero-order chi connectivity index (χ0) is 21.6. The summed E-state index contributed by atoms with van der Waals surface area (Å²) in [4.78, 5) is 12.5. The highest BCUT2D eigenvalue weighted by atomic mass is 32.2. The van der Waals surface area contributed by atoms with Crippen molar-refractivity contribution in [3.05, 3.63) is 53.6 Å². The lowest BCUT2D eigenvalue weighted by Gasteiger charge is -2.16. The molecule has 2 N–H and O–H groups in total. The van der Waals surface area contributed by atoms with Crippen molar-refractivity contribution in [2.45, 2.75) is 43.5 Å². The molecule has 0 heterocycles. The number of amides is 1. The van der Waals surface area contributed by atoms with E-state index in [1.54, 1.807) is 6.07 Å². The summed E-state index contributed by atoms with van der Waals surface area (Å²) < 4.78 is 39.3. The number of aryl methyl sites for hydroxylation is 1. The molecule has 2 aromatic rings. The molecule has 3 rings (SSSR count). The van der Waals surface area contributed by atoms with Crippen LogP contribution in [0, 0.1) is 6.92 Å². The molecule has 1 amide bonds. The Kier molecular flexibility index (Phi) is 7.33. The average molecular weight is 433 g/mol. The Morgan fingerprint density at radius 3 is 2.60 bits per heavy atom. The molecule has 0 atom stereocenters. The van der Waals surface area contributed by atoms with Crippen LogP contribution in [0.15, 0.2) is 47.4 Å². The van der Waals surface area contributed by atoms with E-state index in [9.17, 15) is 13.2 Å². The first-order chi connectivity index (χ1) is 14.4. The molecule has 0 aliphatic heterocycles. The van der Waals surface area contributed by atoms with Gasteiger partial charge in [0.1, 0.15) is 23.0 Å². The third-order valence-corrected chi connectivity index (χ3v) is 6.58. The van der Waals surface area contributed by atoms with E-state index in [-0.39, 0.29) is 28.2 Å². The number of hydrogen-bond acceptors (Lipinski definition) is 5. The van der Waals surface area contributed by atoms with Gasteiger partial charge in [0.05, 0.1) is 13.7 Å². The van der Waals surface area contributed by atoms with Gasteiger partial charge in [0.25, 0.3) is 5.91 Å². The van der Waals surface area contributed by atoms with Gasteiger partial charge in [-0.2, -0.15) is 0 Å². The molecule has 7 nitrogen and oxygen atoms in total. The van der Waals surface area contributed by atoms with Crippen molar-refractivity contribution in [3.63, 3.8) is 0 Å². The van der Waals surface area contributed by atoms with Gasteiger partial charge in [-0.15, -0.1) is 0 Å². The summed E-state index contributed by atoms with van der Waals surface area (Å²) in [5.74, 6) is 0.572. The Bertz CT molecular complexity index is 985. The van der Waals surface area contributed by atoms with Crippen LogP contribution in [0.25, 0.3) is 0 Å². The van der Waals surface area contributed by atoms with Gasteiger partial charge in [-0.25, -0.2) is 13.1 Å². The fourth-order valence-electron chi connectivity index (χ4n) is 3.50. The second-order valence-electron chi connectivity index (χ2n) is 7.39. The third kappa shape index (κ3) is 5.73. The number of nitrogens with one attached hydrogen (secondary N) is 2. The van der Waals surface area contributed by atoms with Crippen LogP contribution in [-0.2, 0) is 10.0 Å². The molecule has 1 fully saturated rings. The molecule has 1 aliphatic carbocycles. The highest BCUT2D eigenvalue weighted by molar-refractivity contribution is 7.89. The standard InChI is InChI=1S/C22H28N2O5S/c1-16-6-5-9-19(14-16)29-13-12-23-22(25)17-10-11-20(28-2)21(15-17)30(26,27)24-18-7-3-4-8-18/h5-6,9-11,14-15,18,24H,3-4,7-8,12-13H2,1-2H3,(H,23,25). The zero-order valence-corrected chi connectivity index (χ0v) is 18.1. The van der Waals surface area contributed by atoms with E-state index in [1.807, 2.05) is 31.2 Å². The lowest BCUT2D eigenvalue weighted by molar-refractivity contribution is 0.0946. The minimum absolute atomic E-state index is 0.0273. The van der Waals surface area contributed by atoms with Gasteiger partial charge in [-0.3, -0.25) is 4.79 Å². The fourth-order valence-corrected chi connectivity index (χ4v) is 4.99. The van der Waals surface area contributed by atoms with Gasteiger partial charge in [-0.05, 0) is 55.7 Å². The van der Waals surface area contributed by atoms with Crippen LogP contribution < -0.4 is 19.5 Å². The summed E-state index contributed by atoms with van der Waals surface area (Å²) in [7, 11) is -2.38. The number of methoxy groups -OCH3 is 1. The topological polar surface area (TPSA) is 93.7 Å². The van der Waals surface area contributed by atoms with E-state index in [0.717, 1.165) is 37.0 Å². The largest absolute Gasteiger partial charge is 0.495 e. The van der Waals surface area contributed by atoms with Crippen molar-refractivity contribution >= 4 is 15.9 Å². The van der Waals surface area contributed by atoms with Gasteiger partial charge in [-0.1, -0.05) is 25.0 Å². The third-order valence-electron chi connectivity index (χ3n) is 5.04. The monoisotopic (exact) mass is 432 g/mol. The molecule has 1 aliphatic rings. The van der Waals surface area contributed by atoms with Gasteiger partial charge in [0, 0.05) is 11.6 Å². The Balaban J connectivity index is 1.63. The second kappa shape index (κ2) is 9.95. The van der Waals surface area contributed by atoms with E-state index in [2.05, 4.69) is 10.0 Å². The molecule has 30 heavy (non-hydrogen) atoms. The number of rotatable bonds is 9. The van der Waals surface area contributed by atoms with E-state index >= 15 is 0 Å². The molecule has 0 aromatic heterocycles. The minimum Gasteiger partial charge on any atom is -0.495 e. The minimum atomic E-state index is -3.79. The van der Waals surface area contributed by atoms with Crippen LogP contribution in [0.5, 0.6) is 11.5 Å². The summed E-state index contributed by atoms with van der Waals surface area (Å²) in [6.07, 6.45) is 3.67. The molecule has 162 valence electrons. The number of ether oxygens (including phenoxy) is 2. The molecule has 0 saturated heterocycles. The van der Waals surface area contributed by atoms with Gasteiger partial charge < -0.3 is 14.8 Å². The van der Waals surface area contributed by atoms with Crippen LogP contribution in [0.3, 0.4) is 0 Å². The van der Waals surface area contributed by atoms with E-state index in [1.165, 1.54) is 19.2 Å². The SMILES string of the molecule is COc1ccc(C(=O)NCCOc2cccc(C)c2)cc1S(=O)(=O)NC1CCCC1. The summed E-state index contributed by atoms with van der Waals surface area (Å²) in [6.45, 7) is 2.58. The smallest absolute Gasteiger partial charge is 0.251 e. The molecule has 0 spiro atoms. The molecular formula is C22H28N2O5S. The Hall–Kier alpha value is -2.58. The quantitative estimate of drug-likeness (QED) is 0.594. The Morgan fingerprint density at radius 2 is 1.90 bits per heavy atom. The zero-order valence-electron chi connectivity index (χ0n) is 17.3. The fraction of sp³-hybridized carbons (Fsp3) is 0.409. The molecule has 0 radical (unpaired) electrons. The molecule has 8 heteroatoms. The van der Waals surface area contributed by atoms with E-state index < -0.39 is 10.0 Å². The maximum Gasteiger partial charge on any atom is 0.251 e. The van der Waals surface area contributed by atoms with Crippen molar-refractivity contribution in [2.75, 3.05) is 20.3 Å². The van der Waals surface area contributed by atoms with Crippen LogP contribution >= 0.6 is 0 Å². The van der Waals surface area contributed by atoms with Crippen LogP contribution in [0.4, 0.5) is 0 Å². The van der Waals surface area contributed by atoms with E-state index in [0.29, 0.717) is 13.2 Å². The lowest BCUT2D eigenvalue weighted by atomic mass is 10.2. The highest BCUT2D eigenvalue weighted by Crippen LogP contribution is 2.27. The molecule has 1 saturated carbocycles. The highest BCUT2D eigenvalue weighted by Gasteiger charge is 2.26. The summed E-state index contributed by atoms with van der Waals surface area (Å²) in [5, 5.41) is 2.75. The lowest BCUT2D eigenvalue weighted by Crippen LogP contribution is -2.33. The van der Waals surface area contributed by atoms with Crippen molar-refractivity contribution in [1.82, 2.24) is 10.0 Å². The predicted octanol–water partition coefficient (Wildman–Crippen LogP) is 3.03. The van der Waals surface area contributed by atoms with Gasteiger partial charge in [0.2, 0.25) is 10.0 Å². The van der Waals surface area contributed by atoms with Crippen molar-refractivity contribution in [3.8, 4) is 11.5 Å². The first kappa shape index (κ1) is 22.1. The predicted molar refractivity (Wildman–Crippen MR) is 115 cm³/mol. The van der Waals surface area contributed by atoms with Crippen LogP contribution in [0.1, 0.15) is 41.6 Å². The van der Waals surface area contributed by atoms with Crippen molar-refractivity contribution in [2.24, 2.45) is 0 Å². The number of sulfonamides is 1. The number of carbonyl (C=O) groups is 1. The molecule has 2 aromatic carbocycles. The maximum atomic E-state index is 12.8. The number of hydrogen-bond donors (Lipinski definition) is 2. The average Bonchev–Trinajstić information content (AvgIpc) is 3.23. The molecule has 0 bridgehead atoms. The van der Waals surface area contributed by atoms with Crippen LogP contribution in [-0.4, -0.2) is 40.6 Å². The van der Waals surface area contributed by atoms with E-state index in [4.69, 9.17) is 9.47 Å². The first-order valence-electron chi connectivity index (χ1n) is 10.1. The Labute approximate surface area is 177 Å². The van der Waals surface area contributed by atoms with Gasteiger partial charge >= 0.3 is 0 Å². The summed E-state index contributed by atoms with van der Waals surface area (Å²) in [5.41, 5.74) is 1.34. The summed E-state index contributed by atoms with van der Waals surface area (Å²) in [6, 6.07) is 12.0. The molecule has 0 unspecified atom stereocenters. The number of benzene rings is 2. The van der Waals surface area contributed by atoms with Crippen molar-refractivity contribution in [1.29, 1.82) is 0 Å². The Morgan fingerprint density at radius 1 is 1.13 bits per heavy atom. The van der Waals surface area contributed by atoms with Gasteiger partial charge in [0.15, 0.2) is 0 Å².